The second kappa shape index (κ2) is 8.00. The summed E-state index contributed by atoms with van der Waals surface area (Å²) in [6, 6.07) is 8.45. The van der Waals surface area contributed by atoms with Gasteiger partial charge < -0.3 is 25.7 Å². The van der Waals surface area contributed by atoms with E-state index < -0.39 is 30.2 Å². The number of hydrogen-bond acceptors (Lipinski definition) is 7. The Morgan fingerprint density at radius 1 is 1.23 bits per heavy atom. The van der Waals surface area contributed by atoms with Crippen LogP contribution in [0, 0.1) is 5.92 Å². The molecule has 2 aliphatic rings. The number of hydrogen-bond donors (Lipinski definition) is 4. The normalized spacial score (nSPS) is 27.6. The summed E-state index contributed by atoms with van der Waals surface area (Å²) >= 11 is 6.88. The minimum Gasteiger partial charge on any atom is -0.390 e. The van der Waals surface area contributed by atoms with Crippen molar-refractivity contribution in [1.82, 2.24) is 20.1 Å². The van der Waals surface area contributed by atoms with E-state index in [-0.39, 0.29) is 12.3 Å². The highest BCUT2D eigenvalue weighted by molar-refractivity contribution is 7.80. The fourth-order valence-electron chi connectivity index (χ4n) is 4.31. The minimum absolute atomic E-state index is 0.117. The Morgan fingerprint density at radius 3 is 2.68 bits per heavy atom. The first-order chi connectivity index (χ1) is 15.0. The van der Waals surface area contributed by atoms with Crippen molar-refractivity contribution in [1.29, 1.82) is 0 Å². The molecule has 1 aliphatic heterocycles. The standard InChI is InChI=1S/C20H20N6O3S2/c27-14-10-13(18(29)24-19-21-7-9-31-19)16-15(17(14)28)23-20(30)26(16)12-4-2-11(3-5-12)25-8-1-6-22-25/h1-9,13-17,27-28H,10H2,(H,23,30)(H,21,24,29)/t13-,14-,15-,16-,17+/m1/s1. The first-order valence-corrected chi connectivity index (χ1v) is 11.1. The van der Waals surface area contributed by atoms with Gasteiger partial charge in [-0.2, -0.15) is 5.10 Å². The summed E-state index contributed by atoms with van der Waals surface area (Å²) in [6.07, 6.45) is 3.21. The number of thiazole rings is 1. The van der Waals surface area contributed by atoms with Gasteiger partial charge in [-0.3, -0.25) is 4.79 Å². The van der Waals surface area contributed by atoms with Crippen molar-refractivity contribution in [3.8, 4) is 5.69 Å². The van der Waals surface area contributed by atoms with Crippen LogP contribution in [0.1, 0.15) is 6.42 Å². The Kier molecular flexibility index (Phi) is 5.18. The van der Waals surface area contributed by atoms with Crippen LogP contribution in [-0.2, 0) is 4.79 Å². The van der Waals surface area contributed by atoms with Crippen LogP contribution in [0.15, 0.2) is 54.3 Å². The minimum atomic E-state index is -1.04. The third-order valence-electron chi connectivity index (χ3n) is 5.74. The smallest absolute Gasteiger partial charge is 0.231 e. The van der Waals surface area contributed by atoms with Gasteiger partial charge in [-0.05, 0) is 49.0 Å². The highest BCUT2D eigenvalue weighted by atomic mass is 32.1. The average Bonchev–Trinajstić information content (AvgIpc) is 3.52. The highest BCUT2D eigenvalue weighted by Crippen LogP contribution is 2.37. The van der Waals surface area contributed by atoms with E-state index in [2.05, 4.69) is 20.7 Å². The largest absolute Gasteiger partial charge is 0.390 e. The van der Waals surface area contributed by atoms with Crippen molar-refractivity contribution < 1.29 is 15.0 Å². The molecular formula is C20H20N6O3S2. The summed E-state index contributed by atoms with van der Waals surface area (Å²) in [5, 5.41) is 33.8. The van der Waals surface area contributed by atoms with E-state index in [9.17, 15) is 15.0 Å². The van der Waals surface area contributed by atoms with Crippen molar-refractivity contribution in [2.75, 3.05) is 10.2 Å². The summed E-state index contributed by atoms with van der Waals surface area (Å²) in [5.74, 6) is -0.869. The number of carbonyl (C=O) groups excluding carboxylic acids is 1. The lowest BCUT2D eigenvalue weighted by Crippen LogP contribution is -2.60. The van der Waals surface area contributed by atoms with Gasteiger partial charge in [0.25, 0.3) is 0 Å². The molecule has 1 aromatic carbocycles. The van der Waals surface area contributed by atoms with Gasteiger partial charge >= 0.3 is 0 Å². The maximum atomic E-state index is 13.1. The maximum absolute atomic E-state index is 13.1. The van der Waals surface area contributed by atoms with Crippen LogP contribution in [0.25, 0.3) is 5.69 Å². The molecule has 3 heterocycles. The number of nitrogens with zero attached hydrogens (tertiary/aromatic N) is 4. The van der Waals surface area contributed by atoms with Crippen LogP contribution in [0.2, 0.25) is 0 Å². The zero-order valence-corrected chi connectivity index (χ0v) is 17.8. The number of aromatic nitrogens is 3. The van der Waals surface area contributed by atoms with Crippen LogP contribution < -0.4 is 15.5 Å². The predicted octanol–water partition coefficient (Wildman–Crippen LogP) is 1.14. The van der Waals surface area contributed by atoms with Crippen LogP contribution in [0.5, 0.6) is 0 Å². The second-order valence-corrected chi connectivity index (χ2v) is 8.81. The molecule has 3 aromatic rings. The lowest BCUT2D eigenvalue weighted by atomic mass is 9.77. The van der Waals surface area contributed by atoms with Crippen molar-refractivity contribution in [3.05, 3.63) is 54.3 Å². The van der Waals surface area contributed by atoms with Gasteiger partial charge in [-0.1, -0.05) is 0 Å². The first kappa shape index (κ1) is 20.1. The fourth-order valence-corrected chi connectivity index (χ4v) is 5.21. The van der Waals surface area contributed by atoms with E-state index in [1.54, 1.807) is 22.5 Å². The lowest BCUT2D eigenvalue weighted by molar-refractivity contribution is -0.126. The number of thiocarbonyl (C=S) groups is 1. The van der Waals surface area contributed by atoms with Crippen LogP contribution in [-0.4, -0.2) is 60.3 Å². The van der Waals surface area contributed by atoms with E-state index in [1.807, 2.05) is 41.4 Å². The molecule has 0 bridgehead atoms. The fraction of sp³-hybridized carbons (Fsp3) is 0.300. The van der Waals surface area contributed by atoms with Crippen LogP contribution in [0.3, 0.4) is 0 Å². The molecule has 1 amide bonds. The number of carbonyl (C=O) groups is 1. The molecule has 31 heavy (non-hydrogen) atoms. The first-order valence-electron chi connectivity index (χ1n) is 9.79. The molecule has 2 aromatic heterocycles. The molecule has 9 nitrogen and oxygen atoms in total. The molecule has 0 radical (unpaired) electrons. The molecule has 0 spiro atoms. The SMILES string of the molecule is O=C(Nc1nccs1)[C@@H]1C[C@@H](O)[C@H](O)[C@@H]2NC(=S)N(c3ccc(-n4cccn4)cc3)[C@@H]21. The predicted molar refractivity (Wildman–Crippen MR) is 120 cm³/mol. The topological polar surface area (TPSA) is 116 Å². The maximum Gasteiger partial charge on any atom is 0.231 e. The number of aliphatic hydroxyl groups is 2. The molecular weight excluding hydrogens is 436 g/mol. The van der Waals surface area contributed by atoms with E-state index >= 15 is 0 Å². The molecule has 160 valence electrons. The number of aliphatic hydroxyl groups excluding tert-OH is 2. The molecule has 11 heteroatoms. The summed E-state index contributed by atoms with van der Waals surface area (Å²) in [5.41, 5.74) is 1.68. The van der Waals surface area contributed by atoms with Gasteiger partial charge in [-0.25, -0.2) is 9.67 Å². The molecule has 5 atom stereocenters. The number of nitrogens with one attached hydrogen (secondary N) is 2. The van der Waals surface area contributed by atoms with Gasteiger partial charge in [-0.15, -0.1) is 11.3 Å². The number of amides is 1. The summed E-state index contributed by atoms with van der Waals surface area (Å²) in [7, 11) is 0. The molecule has 4 N–H and O–H groups in total. The van der Waals surface area contributed by atoms with Crippen LogP contribution >= 0.6 is 23.6 Å². The quantitative estimate of drug-likeness (QED) is 0.432. The average molecular weight is 457 g/mol. The van der Waals surface area contributed by atoms with Gasteiger partial charge in [0, 0.05) is 29.7 Å². The monoisotopic (exact) mass is 456 g/mol. The van der Waals surface area contributed by atoms with Gasteiger partial charge in [0.05, 0.1) is 29.8 Å². The zero-order chi connectivity index (χ0) is 21.5. The molecule has 0 unspecified atom stereocenters. The molecule has 5 rings (SSSR count). The van der Waals surface area contributed by atoms with Crippen molar-refractivity contribution in [3.63, 3.8) is 0 Å². The van der Waals surface area contributed by atoms with Crippen molar-refractivity contribution in [2.45, 2.75) is 30.7 Å². The number of fused-ring (bicyclic) bond motifs is 1. The second-order valence-electron chi connectivity index (χ2n) is 7.53. The Morgan fingerprint density at radius 2 is 2.00 bits per heavy atom. The Labute approximate surface area is 187 Å². The summed E-state index contributed by atoms with van der Waals surface area (Å²) in [6.45, 7) is 0. The van der Waals surface area contributed by atoms with E-state index in [0.717, 1.165) is 11.4 Å². The summed E-state index contributed by atoms with van der Waals surface area (Å²) < 4.78 is 1.75. The van der Waals surface area contributed by atoms with Crippen LogP contribution in [0.4, 0.5) is 10.8 Å². The number of benzene rings is 1. The molecule has 1 aliphatic carbocycles. The van der Waals surface area contributed by atoms with Gasteiger partial charge in [0.1, 0.15) is 6.10 Å². The van der Waals surface area contributed by atoms with E-state index in [1.165, 1.54) is 11.3 Å². The highest BCUT2D eigenvalue weighted by Gasteiger charge is 2.54. The summed E-state index contributed by atoms with van der Waals surface area (Å²) in [4.78, 5) is 19.1. The number of rotatable bonds is 4. The van der Waals surface area contributed by atoms with Crippen molar-refractivity contribution >= 4 is 45.4 Å². The van der Waals surface area contributed by atoms with E-state index in [4.69, 9.17) is 12.2 Å². The van der Waals surface area contributed by atoms with Gasteiger partial charge in [0.15, 0.2) is 10.2 Å². The molecule has 1 saturated carbocycles. The van der Waals surface area contributed by atoms with E-state index in [0.29, 0.717) is 10.2 Å². The Balaban J connectivity index is 1.46. The Bertz CT molecular complexity index is 1070. The number of anilines is 2. The Hall–Kier alpha value is -2.86. The third kappa shape index (κ3) is 3.59. The third-order valence-corrected chi connectivity index (χ3v) is 6.74. The molecule has 2 fully saturated rings. The zero-order valence-electron chi connectivity index (χ0n) is 16.2. The van der Waals surface area contributed by atoms with Crippen molar-refractivity contribution in [2.24, 2.45) is 5.92 Å². The lowest BCUT2D eigenvalue weighted by Gasteiger charge is -2.41. The molecule has 1 saturated heterocycles. The van der Waals surface area contributed by atoms with Gasteiger partial charge in [0.2, 0.25) is 5.91 Å².